The molecule has 46 heavy (non-hydrogen) atoms. The average molecular weight is 602 g/mol. The number of hydrogen-bond donors (Lipinski definition) is 0. The Bertz CT molecular complexity index is 2420. The summed E-state index contributed by atoms with van der Waals surface area (Å²) in [5.74, 6) is 1.73. The van der Waals surface area contributed by atoms with Crippen molar-refractivity contribution < 1.29 is 14.4 Å². The maximum absolute atomic E-state index is 14.4. The van der Waals surface area contributed by atoms with E-state index in [1.165, 1.54) is 11.1 Å². The second-order valence-electron chi connectivity index (χ2n) is 15.6. The molecule has 0 radical (unpaired) electrons. The van der Waals surface area contributed by atoms with Crippen LogP contribution in [0.15, 0.2) is 54.6 Å². The van der Waals surface area contributed by atoms with Crippen LogP contribution in [0.2, 0.25) is 0 Å². The second kappa shape index (κ2) is 8.34. The molecule has 4 bridgehead atoms. The van der Waals surface area contributed by atoms with Crippen LogP contribution < -0.4 is 0 Å². The lowest BCUT2D eigenvalue weighted by molar-refractivity contribution is 0.0891. The molecule has 0 aliphatic heterocycles. The SMILES string of the molecule is CC1(C)c2ccccc2C(=O)c2cc3c4cc5c(cc4n4c6cc7c(cc6c(c21)c34)C1CCC(CC1)C7=O)C(=O)C1CCC5CC1. The predicted octanol–water partition coefficient (Wildman–Crippen LogP) is 9.65. The Morgan fingerprint density at radius 1 is 0.587 bits per heavy atom. The van der Waals surface area contributed by atoms with Crippen LogP contribution in [0.1, 0.15) is 136 Å². The molecule has 2 heterocycles. The van der Waals surface area contributed by atoms with Gasteiger partial charge in [-0.15, -0.1) is 0 Å². The van der Waals surface area contributed by atoms with E-state index in [1.54, 1.807) is 0 Å². The number of aromatic nitrogens is 1. The van der Waals surface area contributed by atoms with Crippen LogP contribution in [0.25, 0.3) is 38.1 Å². The number of nitrogens with zero attached hydrogens (tertiary/aromatic N) is 1. The summed E-state index contributed by atoms with van der Waals surface area (Å²) in [5.41, 5.74) is 10.7. The van der Waals surface area contributed by atoms with Gasteiger partial charge in [-0.25, -0.2) is 0 Å². The Kier molecular flexibility index (Phi) is 4.68. The lowest BCUT2D eigenvalue weighted by atomic mass is 9.67. The van der Waals surface area contributed by atoms with Gasteiger partial charge in [0.1, 0.15) is 0 Å². The molecule has 4 nitrogen and oxygen atoms in total. The maximum Gasteiger partial charge on any atom is 0.193 e. The van der Waals surface area contributed by atoms with E-state index < -0.39 is 5.41 Å². The molecule has 0 N–H and O–H groups in total. The van der Waals surface area contributed by atoms with Crippen LogP contribution in [0.3, 0.4) is 0 Å². The molecule has 7 aliphatic carbocycles. The van der Waals surface area contributed by atoms with Gasteiger partial charge in [0.2, 0.25) is 0 Å². The summed E-state index contributed by atoms with van der Waals surface area (Å²) in [6.45, 7) is 4.52. The number of rotatable bonds is 0. The molecule has 2 saturated carbocycles. The average Bonchev–Trinajstić information content (AvgIpc) is 3.40. The van der Waals surface area contributed by atoms with Gasteiger partial charge in [0.25, 0.3) is 0 Å². The molecule has 0 amide bonds. The second-order valence-corrected chi connectivity index (χ2v) is 15.6. The van der Waals surface area contributed by atoms with Crippen molar-refractivity contribution in [1.82, 2.24) is 4.40 Å². The van der Waals surface area contributed by atoms with Crippen LogP contribution in [-0.4, -0.2) is 21.8 Å². The molecular formula is C42H35NO3. The number of fused-ring (bicyclic) bond motifs is 13. The van der Waals surface area contributed by atoms with E-state index in [-0.39, 0.29) is 17.6 Å². The van der Waals surface area contributed by atoms with Crippen molar-refractivity contribution in [2.75, 3.05) is 0 Å². The van der Waals surface area contributed by atoms with Crippen LogP contribution in [0, 0.1) is 11.8 Å². The molecule has 6 aromatic rings. The van der Waals surface area contributed by atoms with Gasteiger partial charge < -0.3 is 4.40 Å². The Morgan fingerprint density at radius 2 is 1.13 bits per heavy atom. The third-order valence-corrected chi connectivity index (χ3v) is 13.2. The van der Waals surface area contributed by atoms with Crippen LogP contribution in [0.5, 0.6) is 0 Å². The molecule has 13 rings (SSSR count). The van der Waals surface area contributed by atoms with Crippen LogP contribution in [-0.2, 0) is 5.41 Å². The summed E-state index contributed by atoms with van der Waals surface area (Å²) >= 11 is 0. The Balaban J connectivity index is 1.35. The van der Waals surface area contributed by atoms with Gasteiger partial charge in [-0.3, -0.25) is 14.4 Å². The largest absolute Gasteiger partial charge is 0.308 e. The fourth-order valence-corrected chi connectivity index (χ4v) is 10.9. The van der Waals surface area contributed by atoms with Gasteiger partial charge in [0.05, 0.1) is 16.6 Å². The fraction of sp³-hybridized carbons (Fsp3) is 0.357. The quantitative estimate of drug-likeness (QED) is 0.174. The fourth-order valence-electron chi connectivity index (χ4n) is 10.9. The third-order valence-electron chi connectivity index (χ3n) is 13.2. The van der Waals surface area contributed by atoms with Gasteiger partial charge in [0.15, 0.2) is 17.3 Å². The van der Waals surface area contributed by atoms with Gasteiger partial charge in [-0.05, 0) is 116 Å². The van der Waals surface area contributed by atoms with E-state index in [0.29, 0.717) is 23.4 Å². The highest BCUT2D eigenvalue weighted by atomic mass is 16.1. The van der Waals surface area contributed by atoms with Crippen molar-refractivity contribution in [3.05, 3.63) is 99.1 Å². The van der Waals surface area contributed by atoms with Crippen molar-refractivity contribution in [2.24, 2.45) is 11.8 Å². The highest BCUT2D eigenvalue weighted by Crippen LogP contribution is 2.53. The molecule has 2 fully saturated rings. The number of carbonyl (C=O) groups is 3. The van der Waals surface area contributed by atoms with Crippen molar-refractivity contribution in [1.29, 1.82) is 0 Å². The van der Waals surface area contributed by atoms with Crippen molar-refractivity contribution >= 4 is 55.4 Å². The standard InChI is InChI=1S/C42H35NO3/c1-42(2)33-6-4-3-5-24(33)41(46)32-17-28-27-15-25-20-7-11-22(12-8-20)39(44)29(25)18-34(27)43-35-19-30-26(16-31(35)36(37(32)42)38(28)43)21-9-13-23(14-10-21)40(30)45/h3-6,15-23H,7-14H2,1-2H3. The number of benzene rings is 4. The Morgan fingerprint density at radius 3 is 1.76 bits per heavy atom. The summed E-state index contributed by atoms with van der Waals surface area (Å²) in [6, 6.07) is 19.3. The lowest BCUT2D eigenvalue weighted by Crippen LogP contribution is -2.30. The highest BCUT2D eigenvalue weighted by Gasteiger charge is 2.42. The van der Waals surface area contributed by atoms with E-state index in [2.05, 4.69) is 54.6 Å². The van der Waals surface area contributed by atoms with Gasteiger partial charge >= 0.3 is 0 Å². The monoisotopic (exact) mass is 601 g/mol. The van der Waals surface area contributed by atoms with Gasteiger partial charge in [0, 0.05) is 61.0 Å². The summed E-state index contributed by atoms with van der Waals surface area (Å²) in [7, 11) is 0. The minimum absolute atomic E-state index is 0.0876. The molecule has 0 unspecified atom stereocenters. The first-order valence-corrected chi connectivity index (χ1v) is 17.4. The van der Waals surface area contributed by atoms with Crippen molar-refractivity contribution in [3.63, 3.8) is 0 Å². The number of carbonyl (C=O) groups excluding carboxylic acids is 3. The van der Waals surface area contributed by atoms with Crippen molar-refractivity contribution in [3.8, 4) is 0 Å². The summed E-state index contributed by atoms with van der Waals surface area (Å²) in [4.78, 5) is 42.4. The van der Waals surface area contributed by atoms with E-state index in [0.717, 1.165) is 123 Å². The molecule has 7 aliphatic rings. The van der Waals surface area contributed by atoms with Crippen LogP contribution in [0.4, 0.5) is 0 Å². The first-order chi connectivity index (χ1) is 22.3. The zero-order valence-corrected chi connectivity index (χ0v) is 26.3. The number of hydrogen-bond acceptors (Lipinski definition) is 3. The molecule has 2 aromatic heterocycles. The Labute approximate surface area is 267 Å². The number of ketones is 3. The minimum Gasteiger partial charge on any atom is -0.308 e. The molecule has 4 aromatic carbocycles. The maximum atomic E-state index is 14.4. The third kappa shape index (κ3) is 2.92. The molecule has 0 spiro atoms. The minimum atomic E-state index is -0.403. The molecule has 0 atom stereocenters. The van der Waals surface area contributed by atoms with E-state index in [9.17, 15) is 14.4 Å². The molecule has 0 saturated heterocycles. The van der Waals surface area contributed by atoms with E-state index >= 15 is 0 Å². The first-order valence-electron chi connectivity index (χ1n) is 17.4. The van der Waals surface area contributed by atoms with Crippen LogP contribution >= 0.6 is 0 Å². The van der Waals surface area contributed by atoms with E-state index in [4.69, 9.17) is 0 Å². The summed E-state index contributed by atoms with van der Waals surface area (Å²) < 4.78 is 2.36. The van der Waals surface area contributed by atoms with E-state index in [1.807, 2.05) is 18.2 Å². The lowest BCUT2D eigenvalue weighted by Gasteiger charge is -2.35. The zero-order valence-electron chi connectivity index (χ0n) is 26.3. The normalized spacial score (nSPS) is 26.1. The summed E-state index contributed by atoms with van der Waals surface area (Å²) in [5, 5.41) is 4.48. The Hall–Kier alpha value is -4.31. The molecular weight excluding hydrogens is 566 g/mol. The smallest absolute Gasteiger partial charge is 0.193 e. The molecule has 226 valence electrons. The first kappa shape index (κ1) is 25.8. The summed E-state index contributed by atoms with van der Waals surface area (Å²) in [6.07, 6.45) is 8.16. The molecule has 4 heteroatoms. The van der Waals surface area contributed by atoms with Gasteiger partial charge in [-0.2, -0.15) is 0 Å². The van der Waals surface area contributed by atoms with Crippen molar-refractivity contribution in [2.45, 2.75) is 82.5 Å². The van der Waals surface area contributed by atoms with Gasteiger partial charge in [-0.1, -0.05) is 38.1 Å². The zero-order chi connectivity index (χ0) is 30.8. The number of Topliss-reactive ketones (excluding diaryl/α,β-unsaturated/α-hetero) is 2. The predicted molar refractivity (Wildman–Crippen MR) is 181 cm³/mol. The topological polar surface area (TPSA) is 55.6 Å². The highest BCUT2D eigenvalue weighted by molar-refractivity contribution is 6.29.